The van der Waals surface area contributed by atoms with Crippen molar-refractivity contribution in [1.29, 1.82) is 0 Å². The molecule has 1 heterocycles. The molecule has 1 aromatic heterocycles. The van der Waals surface area contributed by atoms with Crippen molar-refractivity contribution in [3.63, 3.8) is 0 Å². The molecule has 108 valence electrons. The van der Waals surface area contributed by atoms with Crippen LogP contribution in [0, 0.1) is 5.82 Å². The molecule has 0 aliphatic heterocycles. The average Bonchev–Trinajstić information content (AvgIpc) is 2.78. The number of hydrogen-bond donors (Lipinski definition) is 2. The molecule has 0 saturated heterocycles. The standard InChI is InChI=1S/C12H12ClFN2O2S2/c1-7(10-4-5-12(13)19-10)16-20(17,18)11-6-8(14)2-3-9(11)15/h2-7,16H,15H2,1H3. The maximum Gasteiger partial charge on any atom is 0.243 e. The number of rotatable bonds is 4. The van der Waals surface area contributed by atoms with E-state index in [0.29, 0.717) is 4.34 Å². The van der Waals surface area contributed by atoms with Gasteiger partial charge < -0.3 is 5.73 Å². The van der Waals surface area contributed by atoms with Gasteiger partial charge in [0.2, 0.25) is 10.0 Å². The van der Waals surface area contributed by atoms with Gasteiger partial charge in [-0.05, 0) is 37.3 Å². The van der Waals surface area contributed by atoms with E-state index in [1.165, 1.54) is 17.4 Å². The molecule has 0 spiro atoms. The molecule has 3 N–H and O–H groups in total. The van der Waals surface area contributed by atoms with Gasteiger partial charge in [-0.3, -0.25) is 0 Å². The van der Waals surface area contributed by atoms with Gasteiger partial charge >= 0.3 is 0 Å². The van der Waals surface area contributed by atoms with E-state index >= 15 is 0 Å². The van der Waals surface area contributed by atoms with Gasteiger partial charge in [-0.25, -0.2) is 17.5 Å². The lowest BCUT2D eigenvalue weighted by Gasteiger charge is -2.14. The maximum absolute atomic E-state index is 13.2. The van der Waals surface area contributed by atoms with Crippen molar-refractivity contribution in [2.45, 2.75) is 17.9 Å². The topological polar surface area (TPSA) is 72.2 Å². The van der Waals surface area contributed by atoms with E-state index in [0.717, 1.165) is 17.0 Å². The van der Waals surface area contributed by atoms with Crippen LogP contribution in [0.1, 0.15) is 17.8 Å². The van der Waals surface area contributed by atoms with Crippen LogP contribution in [0.5, 0.6) is 0 Å². The Labute approximate surface area is 125 Å². The molecule has 2 aromatic rings. The van der Waals surface area contributed by atoms with Crippen LogP contribution in [0.15, 0.2) is 35.2 Å². The Morgan fingerprint density at radius 3 is 2.65 bits per heavy atom. The van der Waals surface area contributed by atoms with Crippen molar-refractivity contribution in [1.82, 2.24) is 4.72 Å². The summed E-state index contributed by atoms with van der Waals surface area (Å²) in [5, 5.41) is 0. The molecule has 0 aliphatic carbocycles. The first-order chi connectivity index (χ1) is 9.29. The first-order valence-electron chi connectivity index (χ1n) is 5.62. The van der Waals surface area contributed by atoms with E-state index in [4.69, 9.17) is 17.3 Å². The Morgan fingerprint density at radius 1 is 1.35 bits per heavy atom. The minimum Gasteiger partial charge on any atom is -0.398 e. The Hall–Kier alpha value is -1.15. The molecule has 0 bridgehead atoms. The second-order valence-electron chi connectivity index (χ2n) is 4.17. The highest BCUT2D eigenvalue weighted by atomic mass is 35.5. The number of nitrogens with one attached hydrogen (secondary N) is 1. The number of thiophene rings is 1. The summed E-state index contributed by atoms with van der Waals surface area (Å²) in [6, 6.07) is 6.15. The van der Waals surface area contributed by atoms with Crippen molar-refractivity contribution in [2.24, 2.45) is 0 Å². The minimum absolute atomic E-state index is 0.00434. The molecule has 8 heteroatoms. The Morgan fingerprint density at radius 2 is 2.05 bits per heavy atom. The molecular formula is C12H12ClFN2O2S2. The summed E-state index contributed by atoms with van der Waals surface area (Å²) in [6.45, 7) is 1.68. The second kappa shape index (κ2) is 5.69. The molecule has 4 nitrogen and oxygen atoms in total. The molecule has 1 unspecified atom stereocenters. The number of benzene rings is 1. The number of nitrogens with two attached hydrogens (primary N) is 1. The van der Waals surface area contributed by atoms with Crippen LogP contribution in [0.25, 0.3) is 0 Å². The number of halogens is 2. The van der Waals surface area contributed by atoms with Crippen LogP contribution < -0.4 is 10.5 Å². The fourth-order valence-corrected chi connectivity index (χ4v) is 4.16. The highest BCUT2D eigenvalue weighted by Crippen LogP contribution is 2.28. The van der Waals surface area contributed by atoms with Gasteiger partial charge in [0.1, 0.15) is 10.7 Å². The van der Waals surface area contributed by atoms with Crippen molar-refractivity contribution in [3.8, 4) is 0 Å². The van der Waals surface area contributed by atoms with Gasteiger partial charge in [0, 0.05) is 4.88 Å². The zero-order chi connectivity index (χ0) is 14.9. The van der Waals surface area contributed by atoms with Gasteiger partial charge in [0.15, 0.2) is 0 Å². The van der Waals surface area contributed by atoms with E-state index in [2.05, 4.69) is 4.72 Å². The fourth-order valence-electron chi connectivity index (χ4n) is 1.66. The van der Waals surface area contributed by atoms with Crippen molar-refractivity contribution < 1.29 is 12.8 Å². The molecule has 0 radical (unpaired) electrons. The highest BCUT2D eigenvalue weighted by Gasteiger charge is 2.22. The minimum atomic E-state index is -3.90. The molecule has 2 rings (SSSR count). The van der Waals surface area contributed by atoms with E-state index in [-0.39, 0.29) is 10.6 Å². The molecule has 0 fully saturated rings. The number of hydrogen-bond acceptors (Lipinski definition) is 4. The summed E-state index contributed by atoms with van der Waals surface area (Å²) >= 11 is 7.08. The predicted molar refractivity (Wildman–Crippen MR) is 78.9 cm³/mol. The summed E-state index contributed by atoms with van der Waals surface area (Å²) in [7, 11) is -3.90. The van der Waals surface area contributed by atoms with Crippen LogP contribution in [-0.4, -0.2) is 8.42 Å². The van der Waals surface area contributed by atoms with Crippen LogP contribution in [0.2, 0.25) is 4.34 Å². The van der Waals surface area contributed by atoms with Crippen LogP contribution in [0.3, 0.4) is 0 Å². The zero-order valence-corrected chi connectivity index (χ0v) is 12.8. The van der Waals surface area contributed by atoms with Crippen LogP contribution in [-0.2, 0) is 10.0 Å². The molecule has 0 amide bonds. The fraction of sp³-hybridized carbons (Fsp3) is 0.167. The lowest BCUT2D eigenvalue weighted by molar-refractivity contribution is 0.566. The van der Waals surface area contributed by atoms with E-state index in [1.807, 2.05) is 0 Å². The molecule has 1 aromatic carbocycles. The third kappa shape index (κ3) is 3.29. The lowest BCUT2D eigenvalue weighted by Crippen LogP contribution is -2.27. The average molecular weight is 335 g/mol. The van der Waals surface area contributed by atoms with Gasteiger partial charge in [-0.15, -0.1) is 11.3 Å². The van der Waals surface area contributed by atoms with Crippen LogP contribution in [0.4, 0.5) is 10.1 Å². The first-order valence-corrected chi connectivity index (χ1v) is 8.30. The highest BCUT2D eigenvalue weighted by molar-refractivity contribution is 7.89. The number of anilines is 1. The molecule has 1 atom stereocenters. The summed E-state index contributed by atoms with van der Waals surface area (Å²) in [4.78, 5) is 0.487. The van der Waals surface area contributed by atoms with Crippen LogP contribution >= 0.6 is 22.9 Å². The third-order valence-electron chi connectivity index (χ3n) is 2.62. The van der Waals surface area contributed by atoms with Gasteiger partial charge in [-0.1, -0.05) is 11.6 Å². The molecular weight excluding hydrogens is 323 g/mol. The van der Waals surface area contributed by atoms with Crippen molar-refractivity contribution in [3.05, 3.63) is 45.4 Å². The lowest BCUT2D eigenvalue weighted by atomic mass is 10.3. The number of sulfonamides is 1. The maximum atomic E-state index is 13.2. The molecule has 0 saturated carbocycles. The smallest absolute Gasteiger partial charge is 0.243 e. The third-order valence-corrected chi connectivity index (χ3v) is 5.63. The van der Waals surface area contributed by atoms with Gasteiger partial charge in [0.05, 0.1) is 16.1 Å². The summed E-state index contributed by atoms with van der Waals surface area (Å²) in [5.74, 6) is -0.661. The van der Waals surface area contributed by atoms with Crippen molar-refractivity contribution >= 4 is 38.6 Å². The monoisotopic (exact) mass is 334 g/mol. The number of nitrogen functional groups attached to an aromatic ring is 1. The van der Waals surface area contributed by atoms with Gasteiger partial charge in [0.25, 0.3) is 0 Å². The quantitative estimate of drug-likeness (QED) is 0.843. The molecule has 20 heavy (non-hydrogen) atoms. The van der Waals surface area contributed by atoms with E-state index in [1.54, 1.807) is 19.1 Å². The summed E-state index contributed by atoms with van der Waals surface area (Å²) < 4.78 is 40.6. The SMILES string of the molecule is CC(NS(=O)(=O)c1cc(F)ccc1N)c1ccc(Cl)s1. The van der Waals surface area contributed by atoms with Gasteiger partial charge in [-0.2, -0.15) is 0 Å². The summed E-state index contributed by atoms with van der Waals surface area (Å²) in [6.07, 6.45) is 0. The van der Waals surface area contributed by atoms with E-state index in [9.17, 15) is 12.8 Å². The van der Waals surface area contributed by atoms with E-state index < -0.39 is 21.9 Å². The Bertz CT molecular complexity index is 731. The van der Waals surface area contributed by atoms with Crippen molar-refractivity contribution in [2.75, 3.05) is 5.73 Å². The molecule has 0 aliphatic rings. The Kier molecular flexibility index (Phi) is 4.33. The summed E-state index contributed by atoms with van der Waals surface area (Å²) in [5.41, 5.74) is 5.59. The largest absolute Gasteiger partial charge is 0.398 e. The zero-order valence-electron chi connectivity index (χ0n) is 10.4. The second-order valence-corrected chi connectivity index (χ2v) is 7.60. The predicted octanol–water partition coefficient (Wildman–Crippen LogP) is 3.16. The normalized spacial score (nSPS) is 13.3. The first kappa shape index (κ1) is 15.2. The Balaban J connectivity index is 2.29.